The lowest BCUT2D eigenvalue weighted by Crippen LogP contribution is -2.34. The summed E-state index contributed by atoms with van der Waals surface area (Å²) in [6.45, 7) is 2.08. The summed E-state index contributed by atoms with van der Waals surface area (Å²) in [6.07, 6.45) is 0. The summed E-state index contributed by atoms with van der Waals surface area (Å²) in [5, 5.41) is 4.86. The Morgan fingerprint density at radius 3 is 2.20 bits per heavy atom. The van der Waals surface area contributed by atoms with Crippen molar-refractivity contribution in [1.29, 1.82) is 0 Å². The second kappa shape index (κ2) is 8.58. The minimum Gasteiger partial charge on any atom is -0.462 e. The molecule has 0 spiro atoms. The molecule has 0 heterocycles. The van der Waals surface area contributed by atoms with Crippen LogP contribution in [-0.2, 0) is 20.9 Å². The number of amides is 2. The molecule has 7 heteroatoms. The molecule has 2 aromatic carbocycles. The summed E-state index contributed by atoms with van der Waals surface area (Å²) in [5.41, 5.74) is 1.39. The molecule has 0 aliphatic heterocycles. The van der Waals surface area contributed by atoms with Crippen molar-refractivity contribution in [3.05, 3.63) is 65.5 Å². The predicted molar refractivity (Wildman–Crippen MR) is 89.3 cm³/mol. The topological polar surface area (TPSA) is 84.5 Å². The molecular weight excluding hydrogens is 327 g/mol. The van der Waals surface area contributed by atoms with Crippen LogP contribution >= 0.6 is 0 Å². The number of hydrogen-bond donors (Lipinski definition) is 2. The summed E-state index contributed by atoms with van der Waals surface area (Å²) >= 11 is 0. The van der Waals surface area contributed by atoms with Crippen molar-refractivity contribution < 1.29 is 23.5 Å². The number of benzene rings is 2. The maximum Gasteiger partial charge on any atom is 0.338 e. The smallest absolute Gasteiger partial charge is 0.338 e. The van der Waals surface area contributed by atoms with Gasteiger partial charge in [-0.3, -0.25) is 9.59 Å². The lowest BCUT2D eigenvalue weighted by molar-refractivity contribution is -0.136. The van der Waals surface area contributed by atoms with Crippen LogP contribution in [0.1, 0.15) is 22.8 Å². The molecular formula is C18H17FN2O4. The monoisotopic (exact) mass is 344 g/mol. The fourth-order valence-electron chi connectivity index (χ4n) is 1.96. The van der Waals surface area contributed by atoms with Gasteiger partial charge in [-0.25, -0.2) is 9.18 Å². The molecule has 2 amide bonds. The lowest BCUT2D eigenvalue weighted by Gasteiger charge is -2.07. The van der Waals surface area contributed by atoms with Gasteiger partial charge in [-0.05, 0) is 48.9 Å². The second-order valence-corrected chi connectivity index (χ2v) is 5.06. The molecule has 6 nitrogen and oxygen atoms in total. The van der Waals surface area contributed by atoms with Crippen molar-refractivity contribution in [2.45, 2.75) is 13.5 Å². The van der Waals surface area contributed by atoms with Gasteiger partial charge in [0.15, 0.2) is 0 Å². The van der Waals surface area contributed by atoms with Gasteiger partial charge in [0, 0.05) is 12.2 Å². The number of esters is 1. The van der Waals surface area contributed by atoms with Crippen molar-refractivity contribution in [1.82, 2.24) is 5.32 Å². The van der Waals surface area contributed by atoms with Gasteiger partial charge in [-0.1, -0.05) is 12.1 Å². The third-order valence-electron chi connectivity index (χ3n) is 3.23. The molecule has 2 rings (SSSR count). The summed E-state index contributed by atoms with van der Waals surface area (Å²) < 4.78 is 17.7. The minimum absolute atomic E-state index is 0.105. The van der Waals surface area contributed by atoms with E-state index in [0.717, 1.165) is 0 Å². The largest absolute Gasteiger partial charge is 0.462 e. The normalized spacial score (nSPS) is 10.0. The van der Waals surface area contributed by atoms with E-state index in [9.17, 15) is 18.8 Å². The Labute approximate surface area is 144 Å². The first-order valence-electron chi connectivity index (χ1n) is 7.60. The van der Waals surface area contributed by atoms with Crippen LogP contribution in [0.25, 0.3) is 0 Å². The van der Waals surface area contributed by atoms with Gasteiger partial charge in [0.05, 0.1) is 12.2 Å². The Morgan fingerprint density at radius 1 is 0.960 bits per heavy atom. The highest BCUT2D eigenvalue weighted by Crippen LogP contribution is 2.10. The maximum atomic E-state index is 12.8. The fraction of sp³-hybridized carbons (Fsp3) is 0.167. The number of nitrogens with one attached hydrogen (secondary N) is 2. The third-order valence-corrected chi connectivity index (χ3v) is 3.23. The van der Waals surface area contributed by atoms with Crippen LogP contribution in [0.15, 0.2) is 48.5 Å². The molecule has 0 aliphatic rings. The number of rotatable bonds is 5. The van der Waals surface area contributed by atoms with Crippen molar-refractivity contribution in [2.75, 3.05) is 11.9 Å². The molecule has 25 heavy (non-hydrogen) atoms. The van der Waals surface area contributed by atoms with E-state index in [2.05, 4.69) is 10.6 Å². The first-order chi connectivity index (χ1) is 12.0. The van der Waals surface area contributed by atoms with Gasteiger partial charge in [0.1, 0.15) is 5.82 Å². The van der Waals surface area contributed by atoms with Gasteiger partial charge < -0.3 is 15.4 Å². The van der Waals surface area contributed by atoms with E-state index in [1.54, 1.807) is 6.92 Å². The van der Waals surface area contributed by atoms with E-state index in [1.165, 1.54) is 48.5 Å². The molecule has 0 atom stereocenters. The number of anilines is 1. The van der Waals surface area contributed by atoms with E-state index < -0.39 is 17.8 Å². The van der Waals surface area contributed by atoms with E-state index in [0.29, 0.717) is 16.8 Å². The summed E-state index contributed by atoms with van der Waals surface area (Å²) in [6, 6.07) is 11.5. The highest BCUT2D eigenvalue weighted by Gasteiger charge is 2.14. The van der Waals surface area contributed by atoms with Crippen molar-refractivity contribution in [3.8, 4) is 0 Å². The van der Waals surface area contributed by atoms with Crippen LogP contribution < -0.4 is 10.6 Å². The average molecular weight is 344 g/mol. The summed E-state index contributed by atoms with van der Waals surface area (Å²) in [5.74, 6) is -2.50. The van der Waals surface area contributed by atoms with Gasteiger partial charge in [-0.15, -0.1) is 0 Å². The quantitative estimate of drug-likeness (QED) is 0.644. The molecule has 130 valence electrons. The second-order valence-electron chi connectivity index (χ2n) is 5.06. The zero-order valence-electron chi connectivity index (χ0n) is 13.5. The zero-order valence-corrected chi connectivity index (χ0v) is 13.5. The number of halogens is 1. The van der Waals surface area contributed by atoms with Crippen LogP contribution in [0.2, 0.25) is 0 Å². The first kappa shape index (κ1) is 18.1. The summed E-state index contributed by atoms with van der Waals surface area (Å²) in [4.78, 5) is 35.1. The zero-order chi connectivity index (χ0) is 18.2. The van der Waals surface area contributed by atoms with Gasteiger partial charge in [-0.2, -0.15) is 0 Å². The molecule has 0 aliphatic carbocycles. The first-order valence-corrected chi connectivity index (χ1v) is 7.60. The molecule has 2 aromatic rings. The van der Waals surface area contributed by atoms with Crippen LogP contribution in [0, 0.1) is 5.82 Å². The molecule has 0 fully saturated rings. The number of carbonyl (C=O) groups is 3. The SMILES string of the molecule is CCOC(=O)c1ccc(NC(=O)C(=O)NCc2ccc(F)cc2)cc1. The Kier molecular flexibility index (Phi) is 6.22. The van der Waals surface area contributed by atoms with Crippen molar-refractivity contribution >= 4 is 23.5 Å². The van der Waals surface area contributed by atoms with Gasteiger partial charge in [0.2, 0.25) is 0 Å². The van der Waals surface area contributed by atoms with Gasteiger partial charge in [0.25, 0.3) is 0 Å². The minimum atomic E-state index is -0.842. The maximum absolute atomic E-state index is 12.8. The Hall–Kier alpha value is -3.22. The van der Waals surface area contributed by atoms with Gasteiger partial charge >= 0.3 is 17.8 Å². The Balaban J connectivity index is 1.87. The van der Waals surface area contributed by atoms with Crippen LogP contribution in [0.3, 0.4) is 0 Å². The third kappa shape index (κ3) is 5.42. The highest BCUT2D eigenvalue weighted by atomic mass is 19.1. The molecule has 0 bridgehead atoms. The number of hydrogen-bond acceptors (Lipinski definition) is 4. The van der Waals surface area contributed by atoms with E-state index in [1.807, 2.05) is 0 Å². The number of ether oxygens (including phenoxy) is 1. The highest BCUT2D eigenvalue weighted by molar-refractivity contribution is 6.39. The predicted octanol–water partition coefficient (Wildman–Crippen LogP) is 2.26. The van der Waals surface area contributed by atoms with Crippen molar-refractivity contribution in [3.63, 3.8) is 0 Å². The standard InChI is InChI=1S/C18H17FN2O4/c1-2-25-18(24)13-5-9-15(10-6-13)21-17(23)16(22)20-11-12-3-7-14(19)8-4-12/h3-10H,2,11H2,1H3,(H,20,22)(H,21,23). The van der Waals surface area contributed by atoms with E-state index >= 15 is 0 Å². The van der Waals surface area contributed by atoms with Crippen LogP contribution in [0.4, 0.5) is 10.1 Å². The molecule has 0 saturated heterocycles. The molecule has 2 N–H and O–H groups in total. The van der Waals surface area contributed by atoms with Crippen molar-refractivity contribution in [2.24, 2.45) is 0 Å². The molecule has 0 saturated carbocycles. The Bertz CT molecular complexity index is 758. The van der Waals surface area contributed by atoms with Crippen LogP contribution in [0.5, 0.6) is 0 Å². The molecule has 0 radical (unpaired) electrons. The van der Waals surface area contributed by atoms with E-state index in [4.69, 9.17) is 4.74 Å². The van der Waals surface area contributed by atoms with Crippen LogP contribution in [-0.4, -0.2) is 24.4 Å². The fourth-order valence-corrected chi connectivity index (χ4v) is 1.96. The number of carbonyl (C=O) groups excluding carboxylic acids is 3. The lowest BCUT2D eigenvalue weighted by atomic mass is 10.2. The average Bonchev–Trinajstić information content (AvgIpc) is 2.61. The summed E-state index contributed by atoms with van der Waals surface area (Å²) in [7, 11) is 0. The van der Waals surface area contributed by atoms with E-state index in [-0.39, 0.29) is 19.0 Å². The molecule has 0 unspecified atom stereocenters. The molecule has 0 aromatic heterocycles. The Morgan fingerprint density at radius 2 is 1.60 bits per heavy atom.